The number of nitriles is 1. The third-order valence-electron chi connectivity index (χ3n) is 10.4. The van der Waals surface area contributed by atoms with E-state index in [-0.39, 0.29) is 28.4 Å². The number of hydrogen-bond acceptors (Lipinski definition) is 5. The van der Waals surface area contributed by atoms with E-state index >= 15 is 0 Å². The van der Waals surface area contributed by atoms with Gasteiger partial charge in [-0.3, -0.25) is 4.98 Å². The molecular weight excluding hydrogens is 581 g/mol. The number of aliphatic hydroxyl groups excluding tert-OH is 1. The van der Waals surface area contributed by atoms with Crippen molar-refractivity contribution < 1.29 is 27.4 Å². The first kappa shape index (κ1) is 32.9. The Bertz CT molecular complexity index is 1480. The van der Waals surface area contributed by atoms with Crippen molar-refractivity contribution in [1.82, 2.24) is 4.98 Å². The number of pyridine rings is 1. The number of alkyl halides is 3. The summed E-state index contributed by atoms with van der Waals surface area (Å²) in [7, 11) is -2.19. The Labute approximate surface area is 260 Å². The molecule has 1 aromatic heterocycles. The second kappa shape index (κ2) is 11.7. The summed E-state index contributed by atoms with van der Waals surface area (Å²) < 4.78 is 53.0. The van der Waals surface area contributed by atoms with Crippen LogP contribution in [-0.4, -0.2) is 31.6 Å². The SMILES string of the molecule is CC(C)c1cc(C2=CCOCC2)c2c(n1)CC1(CC([C@H](O)c3ccc(C(F)(F)F)c(C#N)c3)C1)C[C@@H]2O[Si](C)(C)C(C)(C)C. The molecule has 44 heavy (non-hydrogen) atoms. The Morgan fingerprint density at radius 1 is 1.14 bits per heavy atom. The summed E-state index contributed by atoms with van der Waals surface area (Å²) in [6, 6.07) is 7.33. The Balaban J connectivity index is 1.50. The van der Waals surface area contributed by atoms with E-state index in [1.165, 1.54) is 28.8 Å². The van der Waals surface area contributed by atoms with E-state index in [0.717, 1.165) is 36.7 Å². The van der Waals surface area contributed by atoms with Crippen molar-refractivity contribution in [3.63, 3.8) is 0 Å². The third-order valence-corrected chi connectivity index (χ3v) is 14.9. The summed E-state index contributed by atoms with van der Waals surface area (Å²) in [5, 5.41) is 20.7. The van der Waals surface area contributed by atoms with Crippen LogP contribution in [0.15, 0.2) is 30.3 Å². The molecule has 5 nitrogen and oxygen atoms in total. The van der Waals surface area contributed by atoms with Gasteiger partial charge in [-0.25, -0.2) is 0 Å². The van der Waals surface area contributed by atoms with Crippen LogP contribution >= 0.6 is 0 Å². The number of nitrogens with zero attached hydrogens (tertiary/aromatic N) is 2. The monoisotopic (exact) mass is 626 g/mol. The van der Waals surface area contributed by atoms with Crippen molar-refractivity contribution in [1.29, 1.82) is 5.26 Å². The van der Waals surface area contributed by atoms with E-state index in [9.17, 15) is 23.5 Å². The van der Waals surface area contributed by atoms with E-state index in [2.05, 4.69) is 59.9 Å². The van der Waals surface area contributed by atoms with Crippen molar-refractivity contribution in [2.75, 3.05) is 13.2 Å². The van der Waals surface area contributed by atoms with Crippen molar-refractivity contribution in [3.8, 4) is 6.07 Å². The fourth-order valence-corrected chi connectivity index (χ4v) is 8.22. The fourth-order valence-electron chi connectivity index (χ4n) is 6.96. The highest BCUT2D eigenvalue weighted by Gasteiger charge is 2.53. The van der Waals surface area contributed by atoms with Crippen LogP contribution in [0.4, 0.5) is 13.2 Å². The number of rotatable bonds is 6. The van der Waals surface area contributed by atoms with Gasteiger partial charge in [0.2, 0.25) is 0 Å². The van der Waals surface area contributed by atoms with E-state index in [1.807, 2.05) is 0 Å². The minimum Gasteiger partial charge on any atom is -0.410 e. The number of fused-ring (bicyclic) bond motifs is 1. The quantitative estimate of drug-likeness (QED) is 0.324. The molecule has 0 radical (unpaired) electrons. The summed E-state index contributed by atoms with van der Waals surface area (Å²) in [6.45, 7) is 16.9. The van der Waals surface area contributed by atoms with Crippen LogP contribution in [0, 0.1) is 22.7 Å². The lowest BCUT2D eigenvalue weighted by molar-refractivity contribution is -0.137. The van der Waals surface area contributed by atoms with E-state index in [4.69, 9.17) is 14.1 Å². The van der Waals surface area contributed by atoms with Crippen LogP contribution in [0.3, 0.4) is 0 Å². The van der Waals surface area contributed by atoms with E-state index < -0.39 is 31.7 Å². The maximum absolute atomic E-state index is 13.4. The molecule has 0 saturated heterocycles. The normalized spacial score (nSPS) is 24.8. The number of halogens is 3. The van der Waals surface area contributed by atoms with E-state index in [0.29, 0.717) is 31.6 Å². The zero-order chi connectivity index (χ0) is 32.2. The van der Waals surface area contributed by atoms with Crippen LogP contribution in [0.2, 0.25) is 18.1 Å². The number of ether oxygens (including phenoxy) is 1. The molecular formula is C35H45F3N2O3Si. The zero-order valence-electron chi connectivity index (χ0n) is 26.9. The molecule has 0 unspecified atom stereocenters. The van der Waals surface area contributed by atoms with Crippen LogP contribution in [0.25, 0.3) is 5.57 Å². The van der Waals surface area contributed by atoms with Gasteiger partial charge in [-0.1, -0.05) is 46.8 Å². The minimum atomic E-state index is -4.62. The number of aliphatic hydroxyl groups is 1. The molecule has 2 heterocycles. The standard InChI is InChI=1S/C35H45F3N2O3Si/c1-21(2)28-15-26(22-10-12-42-13-11-22)31-29(40-28)18-34(19-30(31)43-44(6,7)33(3,4)5)16-25(17-34)32(41)23-8-9-27(35(36,37)38)24(14-23)20-39/h8-10,14-15,21,25,30,32,41H,11-13,16-19H2,1-7H3/t25?,30-,32+,34?/m0/s1. The van der Waals surface area contributed by atoms with Gasteiger partial charge in [-0.2, -0.15) is 18.4 Å². The van der Waals surface area contributed by atoms with Crippen molar-refractivity contribution in [2.45, 2.75) is 109 Å². The summed E-state index contributed by atoms with van der Waals surface area (Å²) in [6.07, 6.45) is 0.342. The number of benzene rings is 1. The average molecular weight is 627 g/mol. The van der Waals surface area contributed by atoms with Gasteiger partial charge in [-0.05, 0) is 102 Å². The topological polar surface area (TPSA) is 75.4 Å². The lowest BCUT2D eigenvalue weighted by atomic mass is 9.53. The predicted octanol–water partition coefficient (Wildman–Crippen LogP) is 9.04. The lowest BCUT2D eigenvalue weighted by Gasteiger charge is -2.55. The average Bonchev–Trinajstić information content (AvgIpc) is 2.93. The first-order valence-electron chi connectivity index (χ1n) is 15.7. The van der Waals surface area contributed by atoms with Gasteiger partial charge in [0.15, 0.2) is 8.32 Å². The van der Waals surface area contributed by atoms with Crippen LogP contribution in [0.5, 0.6) is 0 Å². The van der Waals surface area contributed by atoms with Gasteiger partial charge in [0.25, 0.3) is 0 Å². The van der Waals surface area contributed by atoms with Gasteiger partial charge in [0, 0.05) is 17.0 Å². The lowest BCUT2D eigenvalue weighted by Crippen LogP contribution is -2.49. The predicted molar refractivity (Wildman–Crippen MR) is 167 cm³/mol. The Morgan fingerprint density at radius 3 is 2.41 bits per heavy atom. The highest BCUT2D eigenvalue weighted by Crippen LogP contribution is 2.61. The highest BCUT2D eigenvalue weighted by molar-refractivity contribution is 6.74. The molecule has 5 rings (SSSR count). The summed E-state index contributed by atoms with van der Waals surface area (Å²) in [5.41, 5.74) is 4.63. The van der Waals surface area contributed by atoms with Gasteiger partial charge < -0.3 is 14.3 Å². The summed E-state index contributed by atoms with van der Waals surface area (Å²) >= 11 is 0. The number of hydrogen-bond donors (Lipinski definition) is 1. The zero-order valence-corrected chi connectivity index (χ0v) is 27.9. The molecule has 1 spiro atoms. The molecule has 1 aromatic carbocycles. The molecule has 1 N–H and O–H groups in total. The van der Waals surface area contributed by atoms with Crippen molar-refractivity contribution in [2.24, 2.45) is 11.3 Å². The molecule has 1 aliphatic heterocycles. The summed E-state index contributed by atoms with van der Waals surface area (Å²) in [5.74, 6) is 0.126. The molecule has 238 valence electrons. The Morgan fingerprint density at radius 2 is 1.84 bits per heavy atom. The first-order valence-corrected chi connectivity index (χ1v) is 18.6. The van der Waals surface area contributed by atoms with Gasteiger partial charge in [-0.15, -0.1) is 0 Å². The molecule has 2 aliphatic carbocycles. The second-order valence-corrected chi connectivity index (χ2v) is 19.7. The van der Waals surface area contributed by atoms with E-state index in [1.54, 1.807) is 6.07 Å². The summed E-state index contributed by atoms with van der Waals surface area (Å²) in [4.78, 5) is 5.24. The fraction of sp³-hybridized carbons (Fsp3) is 0.600. The molecule has 1 fully saturated rings. The molecule has 2 atom stereocenters. The van der Waals surface area contributed by atoms with Gasteiger partial charge >= 0.3 is 6.18 Å². The maximum Gasteiger partial charge on any atom is 0.417 e. The van der Waals surface area contributed by atoms with Crippen molar-refractivity contribution >= 4 is 13.9 Å². The maximum atomic E-state index is 13.4. The number of aromatic nitrogens is 1. The highest BCUT2D eigenvalue weighted by atomic mass is 28.4. The van der Waals surface area contributed by atoms with Gasteiger partial charge in [0.1, 0.15) is 0 Å². The second-order valence-electron chi connectivity index (χ2n) is 14.9. The Hall–Kier alpha value is -2.51. The molecule has 1 saturated carbocycles. The molecule has 0 amide bonds. The van der Waals surface area contributed by atoms with Crippen molar-refractivity contribution in [3.05, 3.63) is 69.5 Å². The van der Waals surface area contributed by atoms with Crippen LogP contribution < -0.4 is 0 Å². The molecule has 9 heteroatoms. The largest absolute Gasteiger partial charge is 0.417 e. The van der Waals surface area contributed by atoms with Crippen LogP contribution in [0.1, 0.15) is 118 Å². The minimum absolute atomic E-state index is 0.0144. The van der Waals surface area contributed by atoms with Gasteiger partial charge in [0.05, 0.1) is 42.6 Å². The molecule has 3 aliphatic rings. The molecule has 2 aromatic rings. The molecule has 0 bridgehead atoms. The third kappa shape index (κ3) is 6.28. The van der Waals surface area contributed by atoms with Crippen LogP contribution in [-0.2, 0) is 21.8 Å². The smallest absolute Gasteiger partial charge is 0.410 e. The first-order chi connectivity index (χ1) is 20.4. The Kier molecular flexibility index (Phi) is 8.73.